The van der Waals surface area contributed by atoms with Crippen molar-refractivity contribution in [2.45, 2.75) is 13.8 Å². The van der Waals surface area contributed by atoms with Crippen LogP contribution in [0.15, 0.2) is 0 Å². The van der Waals surface area contributed by atoms with Crippen LogP contribution in [0, 0.1) is 0 Å². The minimum Gasteiger partial charge on any atom is -0.550 e. The molecule has 6 heteroatoms. The maximum Gasteiger partial charge on any atom is 1.00 e. The van der Waals surface area contributed by atoms with E-state index in [2.05, 4.69) is 0 Å². The number of carboxylic acids is 2. The zero-order chi connectivity index (χ0) is 7.15. The Morgan fingerprint density at radius 3 is 1.30 bits per heavy atom. The van der Waals surface area contributed by atoms with Crippen LogP contribution in [-0.2, 0) is 9.59 Å². The molecule has 0 aliphatic carbocycles. The molecule has 0 bridgehead atoms. The molecule has 0 radical (unpaired) electrons. The van der Waals surface area contributed by atoms with Crippen LogP contribution in [0.2, 0.25) is 0 Å². The molecule has 10 heavy (non-hydrogen) atoms. The molecule has 5 nitrogen and oxygen atoms in total. The minimum absolute atomic E-state index is 0. The van der Waals surface area contributed by atoms with Gasteiger partial charge in [0.2, 0.25) is 0 Å². The fourth-order valence-corrected chi connectivity index (χ4v) is 0. The van der Waals surface area contributed by atoms with E-state index in [0.29, 0.717) is 0 Å². The van der Waals surface area contributed by atoms with Crippen molar-refractivity contribution in [3.63, 3.8) is 0 Å². The van der Waals surface area contributed by atoms with Crippen LogP contribution in [0.3, 0.4) is 0 Å². The van der Waals surface area contributed by atoms with Gasteiger partial charge in [-0.25, -0.2) is 0 Å². The summed E-state index contributed by atoms with van der Waals surface area (Å²) in [6.45, 7) is 2.06. The molecule has 0 amide bonds. The first-order valence-electron chi connectivity index (χ1n) is 1.84. The Kier molecular flexibility index (Phi) is 35.9. The summed E-state index contributed by atoms with van der Waals surface area (Å²) in [4.78, 5) is 17.9. The third-order valence-electron chi connectivity index (χ3n) is 0. The number of carboxylic acid groups (broad SMARTS) is 2. The van der Waals surface area contributed by atoms with Crippen molar-refractivity contribution in [2.75, 3.05) is 0 Å². The second-order valence-electron chi connectivity index (χ2n) is 1.01. The zero-order valence-electron chi connectivity index (χ0n) is 6.17. The molecule has 0 saturated heterocycles. The topological polar surface area (TPSA) is 109 Å². The number of carbonyl (C=O) groups excluding carboxylic acids is 1. The Morgan fingerprint density at radius 1 is 1.30 bits per heavy atom. The van der Waals surface area contributed by atoms with Gasteiger partial charge in [0.25, 0.3) is 5.97 Å². The summed E-state index contributed by atoms with van der Waals surface area (Å²) >= 11 is 0. The molecule has 3 N–H and O–H groups in total. The number of carbonyl (C=O) groups is 2. The third kappa shape index (κ3) is 37600. The van der Waals surface area contributed by atoms with Crippen LogP contribution in [0.1, 0.15) is 13.8 Å². The van der Waals surface area contributed by atoms with Gasteiger partial charge in [0.05, 0.1) is 0 Å². The summed E-state index contributed by atoms with van der Waals surface area (Å²) in [6, 6.07) is 0. The van der Waals surface area contributed by atoms with E-state index >= 15 is 0 Å². The van der Waals surface area contributed by atoms with E-state index in [1.54, 1.807) is 0 Å². The van der Waals surface area contributed by atoms with Crippen LogP contribution in [-0.4, -0.2) is 22.5 Å². The van der Waals surface area contributed by atoms with E-state index < -0.39 is 11.9 Å². The minimum atomic E-state index is -1.08. The average Bonchev–Trinajstić information content (AvgIpc) is 1.25. The molecular weight excluding hydrogens is 151 g/mol. The fraction of sp³-hybridized carbons (Fsp3) is 0.500. The van der Waals surface area contributed by atoms with E-state index in [0.717, 1.165) is 13.8 Å². The molecule has 0 spiro atoms. The van der Waals surface area contributed by atoms with Crippen LogP contribution in [0.4, 0.5) is 0 Å². The normalized spacial score (nSPS) is 5.00. The first-order valence-corrected chi connectivity index (χ1v) is 1.84. The van der Waals surface area contributed by atoms with Gasteiger partial charge in [0.15, 0.2) is 0 Å². The Balaban J connectivity index is -0.0000000300. The molecule has 0 aromatic heterocycles. The van der Waals surface area contributed by atoms with Crippen LogP contribution >= 0.6 is 0 Å². The SMILES string of the molecule is CC(=O)O.CC(=O)[O-].O.[Na+]. The van der Waals surface area contributed by atoms with E-state index in [4.69, 9.17) is 19.8 Å². The van der Waals surface area contributed by atoms with E-state index in [9.17, 15) is 0 Å². The van der Waals surface area contributed by atoms with Crippen molar-refractivity contribution in [3.8, 4) is 0 Å². The number of hydrogen-bond acceptors (Lipinski definition) is 3. The molecule has 0 aromatic rings. The molecule has 0 aliphatic heterocycles. The quantitative estimate of drug-likeness (QED) is 0.358. The van der Waals surface area contributed by atoms with Crippen molar-refractivity contribution >= 4 is 11.9 Å². The second-order valence-corrected chi connectivity index (χ2v) is 1.01. The number of aliphatic carboxylic acids is 2. The first kappa shape index (κ1) is 22.5. The summed E-state index contributed by atoms with van der Waals surface area (Å²) in [7, 11) is 0. The van der Waals surface area contributed by atoms with Crippen molar-refractivity contribution < 1.29 is 54.8 Å². The second kappa shape index (κ2) is 16.0. The van der Waals surface area contributed by atoms with Crippen molar-refractivity contribution in [1.29, 1.82) is 0 Å². The standard InChI is InChI=1S/2C2H4O2.Na.H2O/c2*1-2(3)4;;/h2*1H3,(H,3,4);;1H2/q;;+1;/p-1. The zero-order valence-corrected chi connectivity index (χ0v) is 8.17. The molecule has 0 heterocycles. The smallest absolute Gasteiger partial charge is 0.550 e. The van der Waals surface area contributed by atoms with Crippen LogP contribution < -0.4 is 34.7 Å². The van der Waals surface area contributed by atoms with Gasteiger partial charge >= 0.3 is 29.6 Å². The Morgan fingerprint density at radius 2 is 1.30 bits per heavy atom. The summed E-state index contributed by atoms with van der Waals surface area (Å²) in [5.41, 5.74) is 0. The van der Waals surface area contributed by atoms with Crippen molar-refractivity contribution in [2.24, 2.45) is 0 Å². The van der Waals surface area contributed by atoms with Gasteiger partial charge in [-0.15, -0.1) is 0 Å². The Hall–Kier alpha value is -0.100. The molecule has 0 aliphatic rings. The van der Waals surface area contributed by atoms with E-state index in [-0.39, 0.29) is 35.0 Å². The molecule has 0 fully saturated rings. The molecular formula is C4H9NaO5. The molecule has 0 unspecified atom stereocenters. The Bertz CT molecular complexity index is 71.6. The summed E-state index contributed by atoms with van der Waals surface area (Å²) in [5, 5.41) is 16.3. The van der Waals surface area contributed by atoms with Crippen molar-refractivity contribution in [1.82, 2.24) is 0 Å². The van der Waals surface area contributed by atoms with Gasteiger partial charge in [-0.2, -0.15) is 0 Å². The summed E-state index contributed by atoms with van der Waals surface area (Å²) in [5.74, 6) is -1.92. The predicted octanol–water partition coefficient (Wildman–Crippen LogP) is -4.97. The van der Waals surface area contributed by atoms with Gasteiger partial charge in [-0.1, -0.05) is 0 Å². The first-order chi connectivity index (χ1) is 3.46. The van der Waals surface area contributed by atoms with Crippen molar-refractivity contribution in [3.05, 3.63) is 0 Å². The molecule has 0 saturated carbocycles. The maximum atomic E-state index is 9.00. The van der Waals surface area contributed by atoms with Gasteiger partial charge in [0.1, 0.15) is 0 Å². The number of rotatable bonds is 0. The van der Waals surface area contributed by atoms with Gasteiger partial charge < -0.3 is 20.5 Å². The summed E-state index contributed by atoms with van der Waals surface area (Å²) < 4.78 is 0. The van der Waals surface area contributed by atoms with E-state index in [1.165, 1.54) is 0 Å². The maximum absolute atomic E-state index is 9.00. The molecule has 0 atom stereocenters. The monoisotopic (exact) mass is 160 g/mol. The fourth-order valence-electron chi connectivity index (χ4n) is 0. The predicted molar refractivity (Wildman–Crippen MR) is 27.6 cm³/mol. The Labute approximate surface area is 80.6 Å². The van der Waals surface area contributed by atoms with E-state index in [1.807, 2.05) is 0 Å². The van der Waals surface area contributed by atoms with Gasteiger partial charge in [-0.3, -0.25) is 4.79 Å². The largest absolute Gasteiger partial charge is 1.00 e. The molecule has 56 valence electrons. The molecule has 0 aromatic carbocycles. The van der Waals surface area contributed by atoms with Crippen LogP contribution in [0.25, 0.3) is 0 Å². The van der Waals surface area contributed by atoms with Gasteiger partial charge in [-0.05, 0) is 6.92 Å². The van der Waals surface area contributed by atoms with Crippen LogP contribution in [0.5, 0.6) is 0 Å². The summed E-state index contributed by atoms with van der Waals surface area (Å²) in [6.07, 6.45) is 0. The third-order valence-corrected chi connectivity index (χ3v) is 0. The number of hydrogen-bond donors (Lipinski definition) is 1. The molecule has 0 rings (SSSR count). The average molecular weight is 160 g/mol. The van der Waals surface area contributed by atoms with Gasteiger partial charge in [0, 0.05) is 12.9 Å².